The molecule has 18 heavy (non-hydrogen) atoms. The molecule has 0 radical (unpaired) electrons. The van der Waals surface area contributed by atoms with Gasteiger partial charge in [0.05, 0.1) is 5.69 Å². The Bertz CT molecular complexity index is 611. The number of benzene rings is 2. The van der Waals surface area contributed by atoms with Crippen LogP contribution < -0.4 is 0 Å². The van der Waals surface area contributed by atoms with Crippen LogP contribution in [0.4, 0.5) is 10.1 Å². The van der Waals surface area contributed by atoms with Gasteiger partial charge in [0, 0.05) is 16.8 Å². The van der Waals surface area contributed by atoms with Crippen molar-refractivity contribution in [1.29, 1.82) is 0 Å². The van der Waals surface area contributed by atoms with E-state index in [2.05, 4.69) is 4.99 Å². The predicted molar refractivity (Wildman–Crippen MR) is 71.5 cm³/mol. The van der Waals surface area contributed by atoms with Gasteiger partial charge in [-0.25, -0.2) is 4.39 Å². The molecule has 1 N–H and O–H groups in total. The first-order chi connectivity index (χ1) is 8.56. The van der Waals surface area contributed by atoms with Gasteiger partial charge in [-0.15, -0.1) is 0 Å². The molecular weight excluding hydrogens is 253 g/mol. The average Bonchev–Trinajstić information content (AvgIpc) is 2.34. The van der Waals surface area contributed by atoms with Gasteiger partial charge in [-0.2, -0.15) is 0 Å². The number of aliphatic imine (C=N–C) groups is 1. The van der Waals surface area contributed by atoms with Crippen LogP contribution in [0.1, 0.15) is 11.1 Å². The van der Waals surface area contributed by atoms with Gasteiger partial charge < -0.3 is 5.11 Å². The summed E-state index contributed by atoms with van der Waals surface area (Å²) in [5.41, 5.74) is 1.54. The lowest BCUT2D eigenvalue weighted by atomic mass is 10.2. The molecule has 0 aliphatic rings. The van der Waals surface area contributed by atoms with E-state index in [-0.39, 0.29) is 11.6 Å². The van der Waals surface area contributed by atoms with Crippen molar-refractivity contribution in [2.75, 3.05) is 0 Å². The van der Waals surface area contributed by atoms with Crippen molar-refractivity contribution in [3.8, 4) is 5.75 Å². The number of aryl methyl sites for hydroxylation is 1. The number of hydrogen-bond donors (Lipinski definition) is 1. The summed E-state index contributed by atoms with van der Waals surface area (Å²) in [6.07, 6.45) is 1.45. The highest BCUT2D eigenvalue weighted by molar-refractivity contribution is 6.30. The molecule has 2 aromatic carbocycles. The zero-order chi connectivity index (χ0) is 13.1. The Hall–Kier alpha value is -1.87. The molecule has 0 atom stereocenters. The molecule has 0 fully saturated rings. The molecule has 4 heteroatoms. The maximum Gasteiger partial charge on any atom is 0.128 e. The molecule has 2 nitrogen and oxygen atoms in total. The zero-order valence-corrected chi connectivity index (χ0v) is 10.4. The van der Waals surface area contributed by atoms with Gasteiger partial charge in [-0.3, -0.25) is 4.99 Å². The number of phenols is 1. The lowest BCUT2D eigenvalue weighted by molar-refractivity contribution is 0.474. The molecule has 0 aliphatic heterocycles. The van der Waals surface area contributed by atoms with E-state index >= 15 is 0 Å². The topological polar surface area (TPSA) is 32.6 Å². The average molecular weight is 264 g/mol. The van der Waals surface area contributed by atoms with E-state index in [9.17, 15) is 9.50 Å². The van der Waals surface area contributed by atoms with Crippen LogP contribution in [0.3, 0.4) is 0 Å². The van der Waals surface area contributed by atoms with E-state index in [1.165, 1.54) is 18.3 Å². The number of nitrogens with zero attached hydrogens (tertiary/aromatic N) is 1. The molecule has 0 amide bonds. The van der Waals surface area contributed by atoms with E-state index in [1.807, 2.05) is 0 Å². The van der Waals surface area contributed by atoms with Gasteiger partial charge in [0.15, 0.2) is 0 Å². The fourth-order valence-corrected chi connectivity index (χ4v) is 1.62. The standard InChI is InChI=1S/C14H11ClFNO/c1-9-2-4-12(7-13(9)16)17-8-10-6-11(15)3-5-14(10)18/h2-8,18H,1H3. The first-order valence-electron chi connectivity index (χ1n) is 5.35. The van der Waals surface area contributed by atoms with Crippen LogP contribution in [0, 0.1) is 12.7 Å². The largest absolute Gasteiger partial charge is 0.507 e. The molecule has 0 spiro atoms. The van der Waals surface area contributed by atoms with Crippen molar-refractivity contribution in [2.24, 2.45) is 4.99 Å². The van der Waals surface area contributed by atoms with Crippen LogP contribution >= 0.6 is 11.6 Å². The Kier molecular flexibility index (Phi) is 3.63. The Labute approximate surface area is 109 Å². The van der Waals surface area contributed by atoms with Crippen molar-refractivity contribution in [3.63, 3.8) is 0 Å². The summed E-state index contributed by atoms with van der Waals surface area (Å²) >= 11 is 5.81. The van der Waals surface area contributed by atoms with E-state index in [0.717, 1.165) is 0 Å². The predicted octanol–water partition coefficient (Wildman–Crippen LogP) is 4.24. The normalized spacial score (nSPS) is 11.1. The second-order valence-electron chi connectivity index (χ2n) is 3.89. The third-order valence-corrected chi connectivity index (χ3v) is 2.73. The smallest absolute Gasteiger partial charge is 0.128 e. The fraction of sp³-hybridized carbons (Fsp3) is 0.0714. The quantitative estimate of drug-likeness (QED) is 0.808. The maximum absolute atomic E-state index is 13.3. The molecule has 0 aliphatic carbocycles. The Morgan fingerprint density at radius 3 is 2.72 bits per heavy atom. The highest BCUT2D eigenvalue weighted by atomic mass is 35.5. The molecular formula is C14H11ClFNO. The number of phenolic OH excluding ortho intramolecular Hbond substituents is 1. The van der Waals surface area contributed by atoms with E-state index in [0.29, 0.717) is 21.8 Å². The molecule has 2 rings (SSSR count). The summed E-state index contributed by atoms with van der Waals surface area (Å²) in [4.78, 5) is 4.10. The minimum Gasteiger partial charge on any atom is -0.507 e. The van der Waals surface area contributed by atoms with E-state index in [1.54, 1.807) is 31.2 Å². The van der Waals surface area contributed by atoms with Crippen molar-refractivity contribution in [2.45, 2.75) is 6.92 Å². The van der Waals surface area contributed by atoms with Gasteiger partial charge in [0.2, 0.25) is 0 Å². The summed E-state index contributed by atoms with van der Waals surface area (Å²) in [5.74, 6) is -0.226. The Morgan fingerprint density at radius 1 is 1.22 bits per heavy atom. The molecule has 0 saturated carbocycles. The Balaban J connectivity index is 2.29. The van der Waals surface area contributed by atoms with Crippen LogP contribution in [0.2, 0.25) is 5.02 Å². The SMILES string of the molecule is Cc1ccc(N=Cc2cc(Cl)ccc2O)cc1F. The van der Waals surface area contributed by atoms with Crippen LogP contribution in [0.25, 0.3) is 0 Å². The maximum atomic E-state index is 13.3. The van der Waals surface area contributed by atoms with Crippen molar-refractivity contribution >= 4 is 23.5 Å². The number of halogens is 2. The summed E-state index contributed by atoms with van der Waals surface area (Å²) in [6, 6.07) is 9.36. The molecule has 92 valence electrons. The van der Waals surface area contributed by atoms with Crippen molar-refractivity contribution in [1.82, 2.24) is 0 Å². The van der Waals surface area contributed by atoms with E-state index < -0.39 is 0 Å². The summed E-state index contributed by atoms with van der Waals surface area (Å²) in [7, 11) is 0. The lowest BCUT2D eigenvalue weighted by Crippen LogP contribution is -1.83. The highest BCUT2D eigenvalue weighted by Crippen LogP contribution is 2.21. The Morgan fingerprint density at radius 2 is 2.00 bits per heavy atom. The number of hydrogen-bond acceptors (Lipinski definition) is 2. The summed E-state index contributed by atoms with van der Waals surface area (Å²) in [5, 5.41) is 10.1. The second-order valence-corrected chi connectivity index (χ2v) is 4.33. The van der Waals surface area contributed by atoms with Crippen LogP contribution in [-0.4, -0.2) is 11.3 Å². The minimum absolute atomic E-state index is 0.0794. The molecule has 0 aromatic heterocycles. The van der Waals surface area contributed by atoms with Crippen LogP contribution in [-0.2, 0) is 0 Å². The van der Waals surface area contributed by atoms with Crippen molar-refractivity contribution < 1.29 is 9.50 Å². The van der Waals surface area contributed by atoms with Gasteiger partial charge in [-0.05, 0) is 42.8 Å². The van der Waals surface area contributed by atoms with Gasteiger partial charge in [0.1, 0.15) is 11.6 Å². The molecule has 0 bridgehead atoms. The zero-order valence-electron chi connectivity index (χ0n) is 9.69. The number of rotatable bonds is 2. The lowest BCUT2D eigenvalue weighted by Gasteiger charge is -2.00. The third-order valence-electron chi connectivity index (χ3n) is 2.50. The first-order valence-corrected chi connectivity index (χ1v) is 5.73. The van der Waals surface area contributed by atoms with E-state index in [4.69, 9.17) is 11.6 Å². The second kappa shape index (κ2) is 5.19. The number of aromatic hydroxyl groups is 1. The monoisotopic (exact) mass is 263 g/mol. The van der Waals surface area contributed by atoms with Crippen LogP contribution in [0.5, 0.6) is 5.75 Å². The molecule has 2 aromatic rings. The fourth-order valence-electron chi connectivity index (χ4n) is 1.43. The molecule has 0 unspecified atom stereocenters. The van der Waals surface area contributed by atoms with Gasteiger partial charge in [-0.1, -0.05) is 17.7 Å². The van der Waals surface area contributed by atoms with Crippen molar-refractivity contribution in [3.05, 3.63) is 58.4 Å². The molecule has 0 saturated heterocycles. The molecule has 0 heterocycles. The summed E-state index contributed by atoms with van der Waals surface area (Å²) in [6.45, 7) is 1.69. The third kappa shape index (κ3) is 2.87. The highest BCUT2D eigenvalue weighted by Gasteiger charge is 2.00. The van der Waals surface area contributed by atoms with Gasteiger partial charge >= 0.3 is 0 Å². The first kappa shape index (κ1) is 12.6. The summed E-state index contributed by atoms with van der Waals surface area (Å²) < 4.78 is 13.3. The minimum atomic E-state index is -0.306. The van der Waals surface area contributed by atoms with Crippen LogP contribution in [0.15, 0.2) is 41.4 Å². The van der Waals surface area contributed by atoms with Gasteiger partial charge in [0.25, 0.3) is 0 Å².